The van der Waals surface area contributed by atoms with Gasteiger partial charge in [0.15, 0.2) is 0 Å². The molecule has 1 aromatic rings. The first-order chi connectivity index (χ1) is 10.2. The molecule has 21 heavy (non-hydrogen) atoms. The van der Waals surface area contributed by atoms with Crippen LogP contribution in [-0.2, 0) is 5.54 Å². The third-order valence-corrected chi connectivity index (χ3v) is 5.56. The van der Waals surface area contributed by atoms with Crippen LogP contribution < -0.4 is 5.32 Å². The van der Waals surface area contributed by atoms with Crippen LogP contribution in [0.2, 0.25) is 0 Å². The molecule has 2 fully saturated rings. The normalized spacial score (nSPS) is 29.6. The third kappa shape index (κ3) is 2.86. The summed E-state index contributed by atoms with van der Waals surface area (Å²) in [6, 6.07) is 10.6. The molecule has 1 aliphatic heterocycles. The van der Waals surface area contributed by atoms with Gasteiger partial charge in [0.2, 0.25) is 0 Å². The molecule has 0 bridgehead atoms. The molecular weight excluding hydrogens is 263 g/mol. The molecule has 1 atom stereocenters. The number of piperazine rings is 1. The summed E-state index contributed by atoms with van der Waals surface area (Å²) in [5.74, 6) is 0. The number of benzene rings is 1. The standard InChI is InChI=1S/C18H27FN2/c1-17(16-8-4-2-5-9-16)14-20-18(10-6-3-7-11-18)15-21(17)13-12-19/h2,4-5,8-9,20H,3,6-7,10-15H2,1H3. The Morgan fingerprint density at radius 3 is 2.52 bits per heavy atom. The lowest BCUT2D eigenvalue weighted by atomic mass is 9.76. The van der Waals surface area contributed by atoms with Crippen LogP contribution in [-0.4, -0.2) is 36.7 Å². The second kappa shape index (κ2) is 6.05. The van der Waals surface area contributed by atoms with Gasteiger partial charge >= 0.3 is 0 Å². The van der Waals surface area contributed by atoms with Gasteiger partial charge in [-0.25, -0.2) is 4.39 Å². The molecule has 1 heterocycles. The van der Waals surface area contributed by atoms with Crippen LogP contribution in [0.25, 0.3) is 0 Å². The number of rotatable bonds is 3. The van der Waals surface area contributed by atoms with Crippen molar-refractivity contribution in [3.8, 4) is 0 Å². The van der Waals surface area contributed by atoms with Crippen molar-refractivity contribution in [3.63, 3.8) is 0 Å². The summed E-state index contributed by atoms with van der Waals surface area (Å²) >= 11 is 0. The van der Waals surface area contributed by atoms with E-state index in [0.717, 1.165) is 13.1 Å². The van der Waals surface area contributed by atoms with E-state index < -0.39 is 0 Å². The van der Waals surface area contributed by atoms with Gasteiger partial charge in [0, 0.05) is 25.2 Å². The van der Waals surface area contributed by atoms with Gasteiger partial charge in [0.05, 0.1) is 5.54 Å². The van der Waals surface area contributed by atoms with Crippen LogP contribution in [0.15, 0.2) is 30.3 Å². The Balaban J connectivity index is 1.85. The Hall–Kier alpha value is -0.930. The molecule has 0 aromatic heterocycles. The Kier molecular flexibility index (Phi) is 4.32. The fourth-order valence-corrected chi connectivity index (χ4v) is 4.14. The Morgan fingerprint density at radius 1 is 1.14 bits per heavy atom. The second-order valence-electron chi connectivity index (χ2n) is 6.94. The Bertz CT molecular complexity index is 456. The SMILES string of the molecule is CC1(c2ccccc2)CNC2(CCCCC2)CN1CCF. The lowest BCUT2D eigenvalue weighted by molar-refractivity contribution is -0.00533. The van der Waals surface area contributed by atoms with Crippen molar-refractivity contribution in [3.05, 3.63) is 35.9 Å². The van der Waals surface area contributed by atoms with Crippen molar-refractivity contribution < 1.29 is 4.39 Å². The van der Waals surface area contributed by atoms with Gasteiger partial charge in [-0.1, -0.05) is 49.6 Å². The monoisotopic (exact) mass is 290 g/mol. The molecule has 1 aromatic carbocycles. The molecule has 0 amide bonds. The average Bonchev–Trinajstić information content (AvgIpc) is 2.53. The van der Waals surface area contributed by atoms with Crippen LogP contribution in [0, 0.1) is 0 Å². The minimum absolute atomic E-state index is 0.101. The summed E-state index contributed by atoms with van der Waals surface area (Å²) in [4.78, 5) is 2.38. The number of hydrogen-bond acceptors (Lipinski definition) is 2. The third-order valence-electron chi connectivity index (χ3n) is 5.56. The molecule has 1 spiro atoms. The zero-order valence-electron chi connectivity index (χ0n) is 13.1. The van der Waals surface area contributed by atoms with Crippen LogP contribution in [0.4, 0.5) is 4.39 Å². The molecular formula is C18H27FN2. The molecule has 1 N–H and O–H groups in total. The van der Waals surface area contributed by atoms with Gasteiger partial charge in [-0.2, -0.15) is 0 Å². The molecule has 1 aliphatic carbocycles. The smallest absolute Gasteiger partial charge is 0.102 e. The highest BCUT2D eigenvalue weighted by Gasteiger charge is 2.45. The molecule has 2 aliphatic rings. The summed E-state index contributed by atoms with van der Waals surface area (Å²) in [5.41, 5.74) is 1.41. The first kappa shape index (κ1) is 15.0. The van der Waals surface area contributed by atoms with Crippen molar-refractivity contribution in [1.82, 2.24) is 10.2 Å². The molecule has 2 nitrogen and oxygen atoms in total. The van der Waals surface area contributed by atoms with E-state index in [-0.39, 0.29) is 17.8 Å². The lowest BCUT2D eigenvalue weighted by Crippen LogP contribution is -2.68. The highest BCUT2D eigenvalue weighted by atomic mass is 19.1. The molecule has 1 saturated carbocycles. The molecule has 1 unspecified atom stereocenters. The van der Waals surface area contributed by atoms with Crippen molar-refractivity contribution in [2.75, 3.05) is 26.3 Å². The van der Waals surface area contributed by atoms with Crippen LogP contribution in [0.3, 0.4) is 0 Å². The van der Waals surface area contributed by atoms with Gasteiger partial charge in [0.25, 0.3) is 0 Å². The van der Waals surface area contributed by atoms with E-state index in [0.29, 0.717) is 6.54 Å². The number of halogens is 1. The Labute approximate surface area is 127 Å². The highest BCUT2D eigenvalue weighted by molar-refractivity contribution is 5.26. The topological polar surface area (TPSA) is 15.3 Å². The highest BCUT2D eigenvalue weighted by Crippen LogP contribution is 2.38. The quantitative estimate of drug-likeness (QED) is 0.917. The van der Waals surface area contributed by atoms with Gasteiger partial charge in [-0.05, 0) is 25.3 Å². The summed E-state index contributed by atoms with van der Waals surface area (Å²) < 4.78 is 13.1. The first-order valence-corrected chi connectivity index (χ1v) is 8.30. The van der Waals surface area contributed by atoms with E-state index >= 15 is 0 Å². The number of alkyl halides is 1. The predicted molar refractivity (Wildman–Crippen MR) is 85.2 cm³/mol. The minimum atomic E-state index is -0.265. The van der Waals surface area contributed by atoms with E-state index in [2.05, 4.69) is 41.4 Å². The number of hydrogen-bond donors (Lipinski definition) is 1. The maximum absolute atomic E-state index is 13.1. The van der Waals surface area contributed by atoms with E-state index in [1.807, 2.05) is 6.07 Å². The minimum Gasteiger partial charge on any atom is -0.308 e. The van der Waals surface area contributed by atoms with Crippen molar-refractivity contribution in [2.24, 2.45) is 0 Å². The van der Waals surface area contributed by atoms with Crippen LogP contribution in [0.1, 0.15) is 44.6 Å². The molecule has 116 valence electrons. The number of nitrogens with zero attached hydrogens (tertiary/aromatic N) is 1. The summed E-state index contributed by atoms with van der Waals surface area (Å²) in [7, 11) is 0. The number of nitrogens with one attached hydrogen (secondary N) is 1. The maximum atomic E-state index is 13.1. The first-order valence-electron chi connectivity index (χ1n) is 8.30. The summed E-state index contributed by atoms with van der Waals surface area (Å²) in [6.07, 6.45) is 6.43. The van der Waals surface area contributed by atoms with E-state index in [9.17, 15) is 4.39 Å². The predicted octanol–water partition coefficient (Wildman–Crippen LogP) is 3.48. The van der Waals surface area contributed by atoms with Gasteiger partial charge in [-0.15, -0.1) is 0 Å². The van der Waals surface area contributed by atoms with E-state index in [1.54, 1.807) is 0 Å². The maximum Gasteiger partial charge on any atom is 0.102 e. The van der Waals surface area contributed by atoms with Gasteiger partial charge < -0.3 is 5.32 Å². The fourth-order valence-electron chi connectivity index (χ4n) is 4.14. The summed E-state index contributed by atoms with van der Waals surface area (Å²) in [6.45, 7) is 4.41. The van der Waals surface area contributed by atoms with Crippen LogP contribution >= 0.6 is 0 Å². The second-order valence-corrected chi connectivity index (χ2v) is 6.94. The van der Waals surface area contributed by atoms with Crippen LogP contribution in [0.5, 0.6) is 0 Å². The van der Waals surface area contributed by atoms with Gasteiger partial charge in [-0.3, -0.25) is 4.90 Å². The zero-order chi connectivity index (χ0) is 14.8. The largest absolute Gasteiger partial charge is 0.308 e. The van der Waals surface area contributed by atoms with Crippen molar-refractivity contribution in [1.29, 1.82) is 0 Å². The van der Waals surface area contributed by atoms with Gasteiger partial charge in [0.1, 0.15) is 6.67 Å². The van der Waals surface area contributed by atoms with Crippen molar-refractivity contribution >= 4 is 0 Å². The molecule has 0 radical (unpaired) electrons. The molecule has 1 saturated heterocycles. The molecule has 3 rings (SSSR count). The van der Waals surface area contributed by atoms with E-state index in [4.69, 9.17) is 0 Å². The zero-order valence-corrected chi connectivity index (χ0v) is 13.1. The van der Waals surface area contributed by atoms with Crippen molar-refractivity contribution in [2.45, 2.75) is 50.1 Å². The fraction of sp³-hybridized carbons (Fsp3) is 0.667. The summed E-state index contributed by atoms with van der Waals surface area (Å²) in [5, 5.41) is 3.85. The lowest BCUT2D eigenvalue weighted by Gasteiger charge is -2.54. The average molecular weight is 290 g/mol. The Morgan fingerprint density at radius 2 is 1.86 bits per heavy atom. The van der Waals surface area contributed by atoms with E-state index in [1.165, 1.54) is 37.7 Å². The molecule has 3 heteroatoms.